The smallest absolute Gasteiger partial charge is 0.0658 e. The Morgan fingerprint density at radius 3 is 2.35 bits per heavy atom. The van der Waals surface area contributed by atoms with Crippen LogP contribution in [0.2, 0.25) is 15.1 Å². The Hall–Kier alpha value is -0.210. The van der Waals surface area contributed by atoms with Gasteiger partial charge in [-0.25, -0.2) is 0 Å². The minimum Gasteiger partial charge on any atom is -0.0843 e. The number of halogens is 4. The van der Waals surface area contributed by atoms with Crippen molar-refractivity contribution in [3.63, 3.8) is 0 Å². The molecule has 1 aliphatic rings. The molecule has 0 saturated carbocycles. The summed E-state index contributed by atoms with van der Waals surface area (Å²) < 4.78 is 0. The molecule has 0 nitrogen and oxygen atoms in total. The Morgan fingerprint density at radius 2 is 1.59 bits per heavy atom. The van der Waals surface area contributed by atoms with Gasteiger partial charge in [-0.1, -0.05) is 56.8 Å². The van der Waals surface area contributed by atoms with Crippen molar-refractivity contribution in [3.8, 4) is 11.1 Å². The van der Waals surface area contributed by atoms with Gasteiger partial charge in [0.2, 0.25) is 0 Å². The molecule has 1 unspecified atom stereocenters. The number of rotatable bonds is 0. The largest absolute Gasteiger partial charge is 0.0843 e. The molecule has 86 valence electrons. The molecular formula is C13H6BrCl3. The normalized spacial score (nSPS) is 16.8. The van der Waals surface area contributed by atoms with Gasteiger partial charge < -0.3 is 0 Å². The van der Waals surface area contributed by atoms with Gasteiger partial charge in [0.25, 0.3) is 0 Å². The highest BCUT2D eigenvalue weighted by molar-refractivity contribution is 9.09. The lowest BCUT2D eigenvalue weighted by molar-refractivity contribution is 1.25. The van der Waals surface area contributed by atoms with Crippen LogP contribution in [0.25, 0.3) is 11.1 Å². The van der Waals surface area contributed by atoms with Crippen LogP contribution in [-0.4, -0.2) is 0 Å². The van der Waals surface area contributed by atoms with E-state index in [1.54, 1.807) is 6.07 Å². The Labute approximate surface area is 123 Å². The molecular weight excluding hydrogens is 342 g/mol. The Morgan fingerprint density at radius 1 is 0.882 bits per heavy atom. The predicted molar refractivity (Wildman–Crippen MR) is 77.7 cm³/mol. The van der Waals surface area contributed by atoms with Crippen LogP contribution in [0.1, 0.15) is 16.0 Å². The second-order valence-electron chi connectivity index (χ2n) is 3.95. The average molecular weight is 348 g/mol. The fraction of sp³-hybridized carbons (Fsp3) is 0.0769. The topological polar surface area (TPSA) is 0 Å². The summed E-state index contributed by atoms with van der Waals surface area (Å²) in [6, 6.07) is 9.54. The number of hydrogen-bond donors (Lipinski definition) is 0. The quantitative estimate of drug-likeness (QED) is 0.504. The molecule has 0 radical (unpaired) electrons. The third-order valence-corrected chi connectivity index (χ3v) is 4.65. The van der Waals surface area contributed by atoms with Crippen molar-refractivity contribution < 1.29 is 0 Å². The Balaban J connectivity index is 2.35. The van der Waals surface area contributed by atoms with E-state index >= 15 is 0 Å². The van der Waals surface area contributed by atoms with Crippen molar-refractivity contribution in [1.82, 2.24) is 0 Å². The molecule has 2 aromatic carbocycles. The lowest BCUT2D eigenvalue weighted by Crippen LogP contribution is -1.85. The van der Waals surface area contributed by atoms with E-state index in [4.69, 9.17) is 34.8 Å². The molecule has 0 fully saturated rings. The zero-order valence-corrected chi connectivity index (χ0v) is 12.3. The molecule has 0 bridgehead atoms. The molecule has 0 spiro atoms. The van der Waals surface area contributed by atoms with Crippen molar-refractivity contribution in [3.05, 3.63) is 56.5 Å². The summed E-state index contributed by atoms with van der Waals surface area (Å²) in [6.07, 6.45) is 0. The predicted octanol–water partition coefficient (Wildman–Crippen LogP) is 6.11. The monoisotopic (exact) mass is 346 g/mol. The summed E-state index contributed by atoms with van der Waals surface area (Å²) in [5.74, 6) is 0. The van der Waals surface area contributed by atoms with E-state index in [1.165, 1.54) is 0 Å². The van der Waals surface area contributed by atoms with Crippen molar-refractivity contribution in [2.45, 2.75) is 4.83 Å². The third-order valence-electron chi connectivity index (χ3n) is 2.91. The first-order valence-electron chi connectivity index (χ1n) is 5.01. The fourth-order valence-corrected chi connectivity index (χ4v) is 3.75. The molecule has 2 aromatic rings. The lowest BCUT2D eigenvalue weighted by atomic mass is 10.1. The van der Waals surface area contributed by atoms with Crippen LogP contribution in [0.15, 0.2) is 30.3 Å². The highest BCUT2D eigenvalue weighted by Gasteiger charge is 2.29. The van der Waals surface area contributed by atoms with Crippen LogP contribution in [0, 0.1) is 0 Å². The van der Waals surface area contributed by atoms with E-state index in [2.05, 4.69) is 15.9 Å². The molecule has 4 heteroatoms. The average Bonchev–Trinajstić information content (AvgIpc) is 2.53. The molecule has 3 rings (SSSR count). The standard InChI is InChI=1S/C13H6BrCl3/c14-13-9-3-6(15)1-2-8(9)12-10(13)4-7(16)5-11(12)17/h1-5,13H. The SMILES string of the molecule is Clc1ccc2c(c1)C(Br)c1cc(Cl)cc(Cl)c1-2. The van der Waals surface area contributed by atoms with Crippen LogP contribution in [0.5, 0.6) is 0 Å². The van der Waals surface area contributed by atoms with Gasteiger partial charge in [-0.2, -0.15) is 0 Å². The molecule has 0 aliphatic heterocycles. The van der Waals surface area contributed by atoms with Gasteiger partial charge in [0.1, 0.15) is 0 Å². The first kappa shape index (κ1) is 11.9. The molecule has 17 heavy (non-hydrogen) atoms. The highest BCUT2D eigenvalue weighted by atomic mass is 79.9. The van der Waals surface area contributed by atoms with Crippen LogP contribution >= 0.6 is 50.7 Å². The molecule has 1 aliphatic carbocycles. The molecule has 0 amide bonds. The summed E-state index contributed by atoms with van der Waals surface area (Å²) in [6.45, 7) is 0. The molecule has 0 N–H and O–H groups in total. The second-order valence-corrected chi connectivity index (χ2v) is 6.14. The summed E-state index contributed by atoms with van der Waals surface area (Å²) in [4.78, 5) is 0.0994. The highest BCUT2D eigenvalue weighted by Crippen LogP contribution is 2.51. The van der Waals surface area contributed by atoms with Crippen LogP contribution < -0.4 is 0 Å². The van der Waals surface area contributed by atoms with Crippen LogP contribution in [0.3, 0.4) is 0 Å². The number of hydrogen-bond acceptors (Lipinski definition) is 0. The second kappa shape index (κ2) is 4.17. The Bertz CT molecular complexity index is 622. The van der Waals surface area contributed by atoms with Crippen LogP contribution in [-0.2, 0) is 0 Å². The lowest BCUT2D eigenvalue weighted by Gasteiger charge is -2.05. The van der Waals surface area contributed by atoms with E-state index < -0.39 is 0 Å². The summed E-state index contributed by atoms with van der Waals surface area (Å²) in [7, 11) is 0. The maximum atomic E-state index is 6.27. The van der Waals surface area contributed by atoms with Crippen molar-refractivity contribution in [2.75, 3.05) is 0 Å². The van der Waals surface area contributed by atoms with Crippen LogP contribution in [0.4, 0.5) is 0 Å². The molecule has 1 atom stereocenters. The fourth-order valence-electron chi connectivity index (χ4n) is 2.22. The molecule has 0 heterocycles. The van der Waals surface area contributed by atoms with E-state index in [1.807, 2.05) is 24.3 Å². The van der Waals surface area contributed by atoms with Gasteiger partial charge >= 0.3 is 0 Å². The first-order valence-corrected chi connectivity index (χ1v) is 7.05. The third kappa shape index (κ3) is 1.80. The van der Waals surface area contributed by atoms with Gasteiger partial charge in [0, 0.05) is 15.6 Å². The zero-order valence-electron chi connectivity index (χ0n) is 8.48. The summed E-state index contributed by atoms with van der Waals surface area (Å²) >= 11 is 22.0. The molecule has 0 aromatic heterocycles. The van der Waals surface area contributed by atoms with Crippen molar-refractivity contribution in [1.29, 1.82) is 0 Å². The minimum atomic E-state index is 0.0994. The van der Waals surface area contributed by atoms with Gasteiger partial charge in [-0.05, 0) is 41.0 Å². The summed E-state index contributed by atoms with van der Waals surface area (Å²) in [5, 5.41) is 2.05. The van der Waals surface area contributed by atoms with Gasteiger partial charge in [0.15, 0.2) is 0 Å². The maximum absolute atomic E-state index is 6.27. The van der Waals surface area contributed by atoms with E-state index in [-0.39, 0.29) is 4.83 Å². The van der Waals surface area contributed by atoms with E-state index in [9.17, 15) is 0 Å². The molecule has 0 saturated heterocycles. The van der Waals surface area contributed by atoms with Gasteiger partial charge in [-0.3, -0.25) is 0 Å². The zero-order chi connectivity index (χ0) is 12.2. The van der Waals surface area contributed by atoms with Gasteiger partial charge in [-0.15, -0.1) is 0 Å². The number of fused-ring (bicyclic) bond motifs is 3. The van der Waals surface area contributed by atoms with E-state index in [0.29, 0.717) is 10.0 Å². The van der Waals surface area contributed by atoms with E-state index in [0.717, 1.165) is 27.3 Å². The summed E-state index contributed by atoms with van der Waals surface area (Å²) in [5.41, 5.74) is 4.40. The first-order chi connectivity index (χ1) is 8.08. The van der Waals surface area contributed by atoms with Gasteiger partial charge in [0.05, 0.1) is 9.85 Å². The van der Waals surface area contributed by atoms with Crippen molar-refractivity contribution in [2.24, 2.45) is 0 Å². The number of benzene rings is 2. The number of alkyl halides is 1. The Kier molecular flexibility index (Phi) is 2.91. The minimum absolute atomic E-state index is 0.0994. The van der Waals surface area contributed by atoms with Crippen molar-refractivity contribution >= 4 is 50.7 Å². The maximum Gasteiger partial charge on any atom is 0.0658 e.